The van der Waals surface area contributed by atoms with Crippen molar-refractivity contribution in [2.45, 2.75) is 49.9 Å². The number of ether oxygens (including phenoxy) is 2. The van der Waals surface area contributed by atoms with Crippen molar-refractivity contribution in [3.63, 3.8) is 0 Å². The first-order valence-electron chi connectivity index (χ1n) is 8.59. The van der Waals surface area contributed by atoms with Crippen molar-refractivity contribution in [2.24, 2.45) is 0 Å². The molecule has 4 rings (SSSR count). The van der Waals surface area contributed by atoms with Crippen molar-refractivity contribution in [1.82, 2.24) is 14.9 Å². The molecule has 2 atom stereocenters. The Bertz CT molecular complexity index is 723. The number of hydrogen-bond acceptors (Lipinski definition) is 7. The molecule has 0 radical (unpaired) electrons. The molecule has 2 bridgehead atoms. The van der Waals surface area contributed by atoms with Gasteiger partial charge >= 0.3 is 6.01 Å². The third-order valence-electron chi connectivity index (χ3n) is 5.45. The van der Waals surface area contributed by atoms with Crippen LogP contribution in [0.1, 0.15) is 36.1 Å². The molecule has 4 heterocycles. The highest BCUT2D eigenvalue weighted by Gasteiger charge is 2.49. The number of hydrogen-bond donors (Lipinski definition) is 1. The maximum absolute atomic E-state index is 11.4. The topological polar surface area (TPSA) is 67.7 Å². The van der Waals surface area contributed by atoms with Crippen molar-refractivity contribution in [3.8, 4) is 11.9 Å². The standard InChI is InChI=1S/C18H23N3O3S/c1-23-16-15(10-19-17(20-16)24-2)18(22)8-12-5-6-13(9-18)21(12)11-14-4-3-7-25-14/h3-4,7,10,12-13,22H,5-6,8-9,11H2,1-2H3/t12-,13-/m0/s1. The van der Waals surface area contributed by atoms with Gasteiger partial charge in [-0.15, -0.1) is 11.3 Å². The summed E-state index contributed by atoms with van der Waals surface area (Å²) in [6.07, 6.45) is 5.26. The van der Waals surface area contributed by atoms with E-state index in [2.05, 4.69) is 32.4 Å². The molecule has 1 N–H and O–H groups in total. The Kier molecular flexibility index (Phi) is 4.39. The van der Waals surface area contributed by atoms with Crippen molar-refractivity contribution >= 4 is 11.3 Å². The van der Waals surface area contributed by atoms with Crippen LogP contribution in [0.5, 0.6) is 11.9 Å². The van der Waals surface area contributed by atoms with Gasteiger partial charge in [0.1, 0.15) is 0 Å². The van der Waals surface area contributed by atoms with Gasteiger partial charge in [0.15, 0.2) is 0 Å². The summed E-state index contributed by atoms with van der Waals surface area (Å²) in [5.41, 5.74) is -0.279. The van der Waals surface area contributed by atoms with Crippen molar-refractivity contribution < 1.29 is 14.6 Å². The Morgan fingerprint density at radius 1 is 1.28 bits per heavy atom. The molecule has 2 saturated heterocycles. The molecule has 2 aromatic heterocycles. The van der Waals surface area contributed by atoms with E-state index >= 15 is 0 Å². The Morgan fingerprint density at radius 2 is 2.04 bits per heavy atom. The molecule has 0 spiro atoms. The van der Waals surface area contributed by atoms with Crippen LogP contribution in [0.3, 0.4) is 0 Å². The predicted molar refractivity (Wildman–Crippen MR) is 94.9 cm³/mol. The van der Waals surface area contributed by atoms with Crippen molar-refractivity contribution in [3.05, 3.63) is 34.2 Å². The second kappa shape index (κ2) is 6.55. The number of nitrogens with zero attached hydrogens (tertiary/aromatic N) is 3. The van der Waals surface area contributed by atoms with Gasteiger partial charge < -0.3 is 14.6 Å². The molecule has 25 heavy (non-hydrogen) atoms. The van der Waals surface area contributed by atoms with Crippen LogP contribution in [0, 0.1) is 0 Å². The van der Waals surface area contributed by atoms with Crippen LogP contribution in [-0.2, 0) is 12.1 Å². The van der Waals surface area contributed by atoms with E-state index in [0.29, 0.717) is 36.4 Å². The molecule has 2 fully saturated rings. The summed E-state index contributed by atoms with van der Waals surface area (Å²) < 4.78 is 10.5. The number of thiophene rings is 1. The van der Waals surface area contributed by atoms with Crippen LogP contribution in [-0.4, -0.2) is 46.3 Å². The van der Waals surface area contributed by atoms with Gasteiger partial charge in [-0.2, -0.15) is 4.98 Å². The third kappa shape index (κ3) is 3.01. The predicted octanol–water partition coefficient (Wildman–Crippen LogP) is 2.57. The maximum atomic E-state index is 11.4. The van der Waals surface area contributed by atoms with E-state index in [1.54, 1.807) is 24.6 Å². The van der Waals surface area contributed by atoms with Gasteiger partial charge in [0.25, 0.3) is 0 Å². The first-order valence-corrected chi connectivity index (χ1v) is 9.47. The highest BCUT2D eigenvalue weighted by atomic mass is 32.1. The fourth-order valence-electron chi connectivity index (χ4n) is 4.30. The van der Waals surface area contributed by atoms with Crippen LogP contribution in [0.15, 0.2) is 23.7 Å². The molecule has 6 nitrogen and oxygen atoms in total. The zero-order valence-electron chi connectivity index (χ0n) is 14.5. The van der Waals surface area contributed by atoms with E-state index < -0.39 is 5.60 Å². The van der Waals surface area contributed by atoms with Gasteiger partial charge in [0, 0.05) is 29.7 Å². The highest BCUT2D eigenvalue weighted by molar-refractivity contribution is 7.09. The zero-order valence-corrected chi connectivity index (χ0v) is 15.3. The van der Waals surface area contributed by atoms with Gasteiger partial charge in [0.05, 0.1) is 25.4 Å². The molecular formula is C18H23N3O3S. The molecule has 0 aromatic carbocycles. The first kappa shape index (κ1) is 16.8. The largest absolute Gasteiger partial charge is 0.481 e. The quantitative estimate of drug-likeness (QED) is 0.883. The van der Waals surface area contributed by atoms with Crippen molar-refractivity contribution in [1.29, 1.82) is 0 Å². The second-order valence-corrected chi connectivity index (χ2v) is 7.89. The summed E-state index contributed by atoms with van der Waals surface area (Å²) in [5.74, 6) is 0.403. The molecule has 134 valence electrons. The number of aromatic nitrogens is 2. The molecular weight excluding hydrogens is 338 g/mol. The zero-order chi connectivity index (χ0) is 17.4. The fourth-order valence-corrected chi connectivity index (χ4v) is 5.01. The van der Waals surface area contributed by atoms with Crippen LogP contribution in [0.4, 0.5) is 0 Å². The number of fused-ring (bicyclic) bond motifs is 2. The lowest BCUT2D eigenvalue weighted by Gasteiger charge is -2.43. The van der Waals surface area contributed by atoms with E-state index in [4.69, 9.17) is 9.47 Å². The van der Waals surface area contributed by atoms with Crippen LogP contribution in [0.2, 0.25) is 0 Å². The Balaban J connectivity index is 1.59. The van der Waals surface area contributed by atoms with Gasteiger partial charge in [-0.05, 0) is 37.1 Å². The van der Waals surface area contributed by atoms with E-state index in [-0.39, 0.29) is 6.01 Å². The Morgan fingerprint density at radius 3 is 2.64 bits per heavy atom. The van der Waals surface area contributed by atoms with Gasteiger partial charge in [-0.1, -0.05) is 6.07 Å². The normalized spacial score (nSPS) is 28.9. The average molecular weight is 361 g/mol. The van der Waals surface area contributed by atoms with Gasteiger partial charge in [0.2, 0.25) is 5.88 Å². The smallest absolute Gasteiger partial charge is 0.319 e. The maximum Gasteiger partial charge on any atom is 0.319 e. The third-order valence-corrected chi connectivity index (χ3v) is 6.31. The van der Waals surface area contributed by atoms with E-state index in [9.17, 15) is 5.11 Å². The van der Waals surface area contributed by atoms with E-state index in [1.165, 1.54) is 12.0 Å². The molecule has 0 saturated carbocycles. The van der Waals surface area contributed by atoms with Crippen LogP contribution < -0.4 is 9.47 Å². The number of piperidine rings is 1. The Hall–Kier alpha value is -1.70. The lowest BCUT2D eigenvalue weighted by Crippen LogP contribution is -2.49. The minimum atomic E-state index is -0.949. The number of methoxy groups -OCH3 is 2. The number of rotatable bonds is 5. The molecule has 7 heteroatoms. The van der Waals surface area contributed by atoms with Gasteiger partial charge in [-0.3, -0.25) is 4.90 Å². The number of aliphatic hydroxyl groups is 1. The molecule has 0 amide bonds. The summed E-state index contributed by atoms with van der Waals surface area (Å²) in [6.45, 7) is 0.972. The van der Waals surface area contributed by atoms with Crippen LogP contribution >= 0.6 is 11.3 Å². The van der Waals surface area contributed by atoms with E-state index in [0.717, 1.165) is 19.4 Å². The molecule has 0 unspecified atom stereocenters. The summed E-state index contributed by atoms with van der Waals surface area (Å²) in [4.78, 5) is 12.4. The fraction of sp³-hybridized carbons (Fsp3) is 0.556. The minimum Gasteiger partial charge on any atom is -0.481 e. The van der Waals surface area contributed by atoms with E-state index in [1.807, 2.05) is 0 Å². The lowest BCUT2D eigenvalue weighted by atomic mass is 9.81. The summed E-state index contributed by atoms with van der Waals surface area (Å²) >= 11 is 1.80. The average Bonchev–Trinajstić information content (AvgIpc) is 3.22. The molecule has 2 aliphatic heterocycles. The molecule has 0 aliphatic carbocycles. The second-order valence-electron chi connectivity index (χ2n) is 6.86. The summed E-state index contributed by atoms with van der Waals surface area (Å²) in [7, 11) is 3.08. The summed E-state index contributed by atoms with van der Waals surface area (Å²) in [5, 5.41) is 13.5. The highest BCUT2D eigenvalue weighted by Crippen LogP contribution is 2.48. The first-order chi connectivity index (χ1) is 12.1. The molecule has 2 aromatic rings. The van der Waals surface area contributed by atoms with Gasteiger partial charge in [-0.25, -0.2) is 4.98 Å². The van der Waals surface area contributed by atoms with Crippen LogP contribution in [0.25, 0.3) is 0 Å². The monoisotopic (exact) mass is 361 g/mol. The lowest BCUT2D eigenvalue weighted by molar-refractivity contribution is -0.0610. The summed E-state index contributed by atoms with van der Waals surface area (Å²) in [6, 6.07) is 5.28. The minimum absolute atomic E-state index is 0.252. The SMILES string of the molecule is COc1ncc(C2(O)C[C@@H]3CC[C@@H](C2)N3Cc2cccs2)c(OC)n1. The van der Waals surface area contributed by atoms with Crippen molar-refractivity contribution in [2.75, 3.05) is 14.2 Å². The Labute approximate surface area is 151 Å². The molecule has 2 aliphatic rings.